The number of aromatic nitrogens is 3. The maximum atomic E-state index is 10.5. The van der Waals surface area contributed by atoms with Gasteiger partial charge in [-0.2, -0.15) is 9.61 Å². The van der Waals surface area contributed by atoms with Gasteiger partial charge in [0.2, 0.25) is 0 Å². The summed E-state index contributed by atoms with van der Waals surface area (Å²) in [5, 5.41) is 17.9. The van der Waals surface area contributed by atoms with Gasteiger partial charge in [0.15, 0.2) is 5.65 Å². The van der Waals surface area contributed by atoms with Gasteiger partial charge in [-0.05, 0) is 31.5 Å². The second kappa shape index (κ2) is 4.47. The molecule has 19 heavy (non-hydrogen) atoms. The number of aryl methyl sites for hydroxylation is 1. The van der Waals surface area contributed by atoms with E-state index in [2.05, 4.69) is 15.4 Å². The van der Waals surface area contributed by atoms with Gasteiger partial charge in [0.25, 0.3) is 0 Å². The fourth-order valence-electron chi connectivity index (χ4n) is 2.43. The molecule has 2 aromatic heterocycles. The SMILES string of the molecule is Cc1cc(NCC2(O)CCOC2C)n2ncnc2c1. The van der Waals surface area contributed by atoms with Gasteiger partial charge in [-0.3, -0.25) is 0 Å². The molecule has 2 unspecified atom stereocenters. The summed E-state index contributed by atoms with van der Waals surface area (Å²) in [6.07, 6.45) is 2.01. The molecule has 3 heterocycles. The number of hydrogen-bond acceptors (Lipinski definition) is 5. The summed E-state index contributed by atoms with van der Waals surface area (Å²) in [5.41, 5.74) is 1.08. The van der Waals surface area contributed by atoms with Crippen molar-refractivity contribution in [2.45, 2.75) is 32.0 Å². The highest BCUT2D eigenvalue weighted by Crippen LogP contribution is 2.26. The third-order valence-electron chi connectivity index (χ3n) is 3.76. The van der Waals surface area contributed by atoms with Crippen LogP contribution in [0.4, 0.5) is 5.82 Å². The smallest absolute Gasteiger partial charge is 0.157 e. The third-order valence-corrected chi connectivity index (χ3v) is 3.76. The molecule has 0 aliphatic carbocycles. The van der Waals surface area contributed by atoms with Crippen LogP contribution in [0.1, 0.15) is 18.9 Å². The fourth-order valence-corrected chi connectivity index (χ4v) is 2.43. The monoisotopic (exact) mass is 262 g/mol. The summed E-state index contributed by atoms with van der Waals surface area (Å²) in [5.74, 6) is 0.833. The molecule has 0 amide bonds. The fraction of sp³-hybridized carbons (Fsp3) is 0.538. The van der Waals surface area contributed by atoms with Crippen LogP contribution < -0.4 is 5.32 Å². The summed E-state index contributed by atoms with van der Waals surface area (Å²) in [6.45, 7) is 4.95. The van der Waals surface area contributed by atoms with Crippen molar-refractivity contribution in [3.63, 3.8) is 0 Å². The highest BCUT2D eigenvalue weighted by molar-refractivity contribution is 5.51. The Labute approximate surface area is 111 Å². The molecular formula is C13H18N4O2. The molecule has 1 saturated heterocycles. The Balaban J connectivity index is 1.83. The standard InChI is InChI=1S/C13H18N4O2/c1-9-5-11(17-12(6-9)15-8-16-17)14-7-13(18)3-4-19-10(13)2/h5-6,8,10,14,18H,3-4,7H2,1-2H3. The molecule has 0 radical (unpaired) electrons. The number of anilines is 1. The first-order valence-corrected chi connectivity index (χ1v) is 6.47. The molecule has 3 rings (SSSR count). The zero-order chi connectivity index (χ0) is 13.5. The molecule has 1 fully saturated rings. The average Bonchev–Trinajstić information content (AvgIpc) is 2.95. The predicted molar refractivity (Wildman–Crippen MR) is 71.2 cm³/mol. The predicted octanol–water partition coefficient (Wildman–Crippen LogP) is 0.990. The van der Waals surface area contributed by atoms with Crippen molar-refractivity contribution in [3.05, 3.63) is 24.0 Å². The van der Waals surface area contributed by atoms with Crippen LogP contribution in [0.5, 0.6) is 0 Å². The van der Waals surface area contributed by atoms with E-state index >= 15 is 0 Å². The van der Waals surface area contributed by atoms with Crippen LogP contribution in [-0.2, 0) is 4.74 Å². The summed E-state index contributed by atoms with van der Waals surface area (Å²) in [6, 6.07) is 3.96. The first-order chi connectivity index (χ1) is 9.08. The van der Waals surface area contributed by atoms with E-state index in [9.17, 15) is 5.11 Å². The zero-order valence-corrected chi connectivity index (χ0v) is 11.1. The molecule has 6 nitrogen and oxygen atoms in total. The van der Waals surface area contributed by atoms with Gasteiger partial charge >= 0.3 is 0 Å². The van der Waals surface area contributed by atoms with E-state index in [4.69, 9.17) is 4.74 Å². The van der Waals surface area contributed by atoms with Gasteiger partial charge in [-0.15, -0.1) is 0 Å². The van der Waals surface area contributed by atoms with E-state index < -0.39 is 5.60 Å². The quantitative estimate of drug-likeness (QED) is 0.863. The number of nitrogens with one attached hydrogen (secondary N) is 1. The Morgan fingerprint density at radius 3 is 3.16 bits per heavy atom. The summed E-state index contributed by atoms with van der Waals surface area (Å²) >= 11 is 0. The third kappa shape index (κ3) is 2.17. The lowest BCUT2D eigenvalue weighted by Crippen LogP contribution is -2.43. The lowest BCUT2D eigenvalue weighted by molar-refractivity contribution is -0.0176. The van der Waals surface area contributed by atoms with E-state index in [1.807, 2.05) is 26.0 Å². The molecule has 2 aromatic rings. The minimum atomic E-state index is -0.823. The maximum absolute atomic E-state index is 10.5. The molecule has 1 aliphatic rings. The van der Waals surface area contributed by atoms with Gasteiger partial charge in [-0.1, -0.05) is 0 Å². The van der Waals surface area contributed by atoms with Crippen LogP contribution >= 0.6 is 0 Å². The van der Waals surface area contributed by atoms with Gasteiger partial charge < -0.3 is 15.2 Å². The number of ether oxygens (including phenoxy) is 1. The largest absolute Gasteiger partial charge is 0.385 e. The van der Waals surface area contributed by atoms with Crippen LogP contribution in [0.15, 0.2) is 18.5 Å². The lowest BCUT2D eigenvalue weighted by atomic mass is 9.97. The molecule has 0 saturated carbocycles. The van der Waals surface area contributed by atoms with Crippen LogP contribution in [0.3, 0.4) is 0 Å². The minimum Gasteiger partial charge on any atom is -0.385 e. The van der Waals surface area contributed by atoms with Crippen molar-refractivity contribution in [3.8, 4) is 0 Å². The highest BCUT2D eigenvalue weighted by Gasteiger charge is 2.39. The molecule has 2 atom stereocenters. The second-order valence-corrected chi connectivity index (χ2v) is 5.17. The average molecular weight is 262 g/mol. The number of aliphatic hydroxyl groups is 1. The Morgan fingerprint density at radius 2 is 2.42 bits per heavy atom. The topological polar surface area (TPSA) is 71.7 Å². The van der Waals surface area contributed by atoms with E-state index in [0.29, 0.717) is 19.6 Å². The Hall–Kier alpha value is -1.66. The molecule has 102 valence electrons. The molecule has 0 bridgehead atoms. The van der Waals surface area contributed by atoms with E-state index in [-0.39, 0.29) is 6.10 Å². The van der Waals surface area contributed by atoms with Gasteiger partial charge in [0, 0.05) is 19.6 Å². The normalized spacial score (nSPS) is 27.0. The van der Waals surface area contributed by atoms with Crippen LogP contribution in [0.25, 0.3) is 5.65 Å². The molecule has 0 spiro atoms. The summed E-state index contributed by atoms with van der Waals surface area (Å²) in [7, 11) is 0. The second-order valence-electron chi connectivity index (χ2n) is 5.17. The van der Waals surface area contributed by atoms with Crippen molar-refractivity contribution in [2.75, 3.05) is 18.5 Å². The van der Waals surface area contributed by atoms with Crippen molar-refractivity contribution in [1.29, 1.82) is 0 Å². The van der Waals surface area contributed by atoms with Gasteiger partial charge in [-0.25, -0.2) is 4.98 Å². The first kappa shape index (κ1) is 12.4. The Kier molecular flexibility index (Phi) is 2.91. The molecule has 6 heteroatoms. The van der Waals surface area contributed by atoms with Crippen LogP contribution in [0, 0.1) is 6.92 Å². The van der Waals surface area contributed by atoms with E-state index in [0.717, 1.165) is 17.0 Å². The zero-order valence-electron chi connectivity index (χ0n) is 11.1. The van der Waals surface area contributed by atoms with Crippen molar-refractivity contribution >= 4 is 11.5 Å². The molecule has 1 aliphatic heterocycles. The van der Waals surface area contributed by atoms with Crippen LogP contribution in [-0.4, -0.2) is 44.6 Å². The number of rotatable bonds is 3. The van der Waals surface area contributed by atoms with Crippen LogP contribution in [0.2, 0.25) is 0 Å². The number of fused-ring (bicyclic) bond motifs is 1. The number of pyridine rings is 1. The Bertz CT molecular complexity index is 597. The van der Waals surface area contributed by atoms with E-state index in [1.54, 1.807) is 4.52 Å². The van der Waals surface area contributed by atoms with Crippen molar-refractivity contribution in [1.82, 2.24) is 14.6 Å². The Morgan fingerprint density at radius 1 is 1.58 bits per heavy atom. The van der Waals surface area contributed by atoms with Crippen molar-refractivity contribution < 1.29 is 9.84 Å². The minimum absolute atomic E-state index is 0.156. The molecule has 0 aromatic carbocycles. The van der Waals surface area contributed by atoms with E-state index in [1.165, 1.54) is 6.33 Å². The maximum Gasteiger partial charge on any atom is 0.157 e. The number of hydrogen-bond donors (Lipinski definition) is 2. The van der Waals surface area contributed by atoms with Gasteiger partial charge in [0.1, 0.15) is 17.7 Å². The highest BCUT2D eigenvalue weighted by atomic mass is 16.5. The molecular weight excluding hydrogens is 244 g/mol. The summed E-state index contributed by atoms with van der Waals surface area (Å²) in [4.78, 5) is 4.18. The lowest BCUT2D eigenvalue weighted by Gasteiger charge is -2.26. The van der Waals surface area contributed by atoms with Crippen molar-refractivity contribution in [2.24, 2.45) is 0 Å². The van der Waals surface area contributed by atoms with Gasteiger partial charge in [0.05, 0.1) is 6.10 Å². The molecule has 2 N–H and O–H groups in total. The summed E-state index contributed by atoms with van der Waals surface area (Å²) < 4.78 is 7.16. The first-order valence-electron chi connectivity index (χ1n) is 6.47. The number of nitrogens with zero attached hydrogens (tertiary/aromatic N) is 3.